The summed E-state index contributed by atoms with van der Waals surface area (Å²) in [7, 11) is -3.78. The maximum absolute atomic E-state index is 12.3. The normalized spacial score (nSPS) is 13.7. The zero-order chi connectivity index (χ0) is 14.8. The van der Waals surface area contributed by atoms with Gasteiger partial charge in [0.1, 0.15) is 4.90 Å². The number of nitrogens with zero attached hydrogens (tertiary/aromatic N) is 1. The first-order valence-corrected chi connectivity index (χ1v) is 7.39. The molecule has 19 heavy (non-hydrogen) atoms. The number of H-pyrrole nitrogens is 1. The molecule has 0 radical (unpaired) electrons. The molecule has 7 nitrogen and oxygen atoms in total. The number of aromatic nitrogens is 2. The van der Waals surface area contributed by atoms with Crippen molar-refractivity contribution in [2.45, 2.75) is 45.1 Å². The predicted octanol–water partition coefficient (Wildman–Crippen LogP) is 0.804. The molecule has 1 atom stereocenters. The lowest BCUT2D eigenvalue weighted by Crippen LogP contribution is -2.40. The Kier molecular flexibility index (Phi) is 4.70. The molecule has 108 valence electrons. The van der Waals surface area contributed by atoms with Gasteiger partial charge in [0.2, 0.25) is 10.0 Å². The number of aryl methyl sites for hydroxylation is 2. The second kappa shape index (κ2) is 5.70. The average molecular weight is 289 g/mol. The second-order valence-corrected chi connectivity index (χ2v) is 6.48. The molecule has 0 aromatic carbocycles. The summed E-state index contributed by atoms with van der Waals surface area (Å²) in [5.41, 5.74) is 0.797. The maximum Gasteiger partial charge on any atom is 0.304 e. The standard InChI is InChI=1S/C11H19N3O4S/c1-6(2)9(5-10(15)16)14-19(17,18)11-7(3)12-13-8(11)4/h6,9,14H,5H2,1-4H3,(H,12,13)(H,15,16). The monoisotopic (exact) mass is 289 g/mol. The highest BCUT2D eigenvalue weighted by Crippen LogP contribution is 2.18. The number of hydrogen-bond donors (Lipinski definition) is 3. The van der Waals surface area contributed by atoms with Gasteiger partial charge in [0.15, 0.2) is 0 Å². The molecule has 0 aliphatic carbocycles. The summed E-state index contributed by atoms with van der Waals surface area (Å²) in [6.45, 7) is 6.73. The van der Waals surface area contributed by atoms with Crippen LogP contribution in [0.5, 0.6) is 0 Å². The molecule has 0 amide bonds. The van der Waals surface area contributed by atoms with Gasteiger partial charge < -0.3 is 5.11 Å². The molecule has 0 bridgehead atoms. The molecule has 1 rings (SSSR count). The van der Waals surface area contributed by atoms with E-state index in [0.29, 0.717) is 11.4 Å². The molecule has 0 aliphatic rings. The maximum atomic E-state index is 12.3. The Morgan fingerprint density at radius 1 is 1.42 bits per heavy atom. The van der Waals surface area contributed by atoms with Crippen molar-refractivity contribution in [1.29, 1.82) is 0 Å². The van der Waals surface area contributed by atoms with Crippen LogP contribution in [0.3, 0.4) is 0 Å². The number of aliphatic carboxylic acids is 1. The number of carbonyl (C=O) groups is 1. The van der Waals surface area contributed by atoms with Crippen molar-refractivity contribution in [2.24, 2.45) is 5.92 Å². The summed E-state index contributed by atoms with van der Waals surface area (Å²) in [5, 5.41) is 15.3. The van der Waals surface area contributed by atoms with Crippen LogP contribution in [0, 0.1) is 19.8 Å². The van der Waals surface area contributed by atoms with E-state index in [9.17, 15) is 13.2 Å². The first kappa shape index (κ1) is 15.6. The molecule has 1 aromatic heterocycles. The van der Waals surface area contributed by atoms with Crippen LogP contribution in [0.25, 0.3) is 0 Å². The SMILES string of the molecule is Cc1n[nH]c(C)c1S(=O)(=O)NC(CC(=O)O)C(C)C. The fraction of sp³-hybridized carbons (Fsp3) is 0.636. The zero-order valence-electron chi connectivity index (χ0n) is 11.4. The van der Waals surface area contributed by atoms with Crippen molar-refractivity contribution in [3.05, 3.63) is 11.4 Å². The van der Waals surface area contributed by atoms with Crippen LogP contribution in [0.1, 0.15) is 31.7 Å². The molecule has 0 saturated heterocycles. The van der Waals surface area contributed by atoms with Gasteiger partial charge in [-0.25, -0.2) is 13.1 Å². The first-order valence-electron chi connectivity index (χ1n) is 5.91. The average Bonchev–Trinajstić information content (AvgIpc) is 2.56. The van der Waals surface area contributed by atoms with Gasteiger partial charge in [-0.05, 0) is 19.8 Å². The van der Waals surface area contributed by atoms with Gasteiger partial charge in [-0.15, -0.1) is 0 Å². The van der Waals surface area contributed by atoms with Gasteiger partial charge in [0.05, 0.1) is 17.8 Å². The minimum Gasteiger partial charge on any atom is -0.481 e. The molecule has 1 unspecified atom stereocenters. The number of carboxylic acid groups (broad SMARTS) is 1. The van der Waals surface area contributed by atoms with Gasteiger partial charge in [-0.2, -0.15) is 5.10 Å². The number of carboxylic acids is 1. The van der Waals surface area contributed by atoms with Crippen molar-refractivity contribution in [1.82, 2.24) is 14.9 Å². The molecular weight excluding hydrogens is 270 g/mol. The fourth-order valence-corrected chi connectivity index (χ4v) is 3.55. The Hall–Kier alpha value is -1.41. The number of hydrogen-bond acceptors (Lipinski definition) is 4. The van der Waals surface area contributed by atoms with Gasteiger partial charge in [-0.3, -0.25) is 9.89 Å². The minimum atomic E-state index is -3.78. The second-order valence-electron chi connectivity index (χ2n) is 4.83. The summed E-state index contributed by atoms with van der Waals surface area (Å²) in [4.78, 5) is 10.9. The van der Waals surface area contributed by atoms with Crippen molar-refractivity contribution in [2.75, 3.05) is 0 Å². The smallest absolute Gasteiger partial charge is 0.304 e. The Labute approximate surface area is 112 Å². The van der Waals surface area contributed by atoms with E-state index in [-0.39, 0.29) is 17.2 Å². The highest BCUT2D eigenvalue weighted by Gasteiger charge is 2.28. The van der Waals surface area contributed by atoms with E-state index in [0.717, 1.165) is 0 Å². The van der Waals surface area contributed by atoms with E-state index in [4.69, 9.17) is 5.11 Å². The minimum absolute atomic E-state index is 0.0866. The molecule has 0 spiro atoms. The van der Waals surface area contributed by atoms with Crippen LogP contribution in [-0.2, 0) is 14.8 Å². The molecule has 1 aromatic rings. The number of nitrogens with one attached hydrogen (secondary N) is 2. The molecule has 0 fully saturated rings. The molecule has 8 heteroatoms. The van der Waals surface area contributed by atoms with E-state index in [1.807, 2.05) is 0 Å². The van der Waals surface area contributed by atoms with Crippen LogP contribution in [0.4, 0.5) is 0 Å². The van der Waals surface area contributed by atoms with E-state index in [2.05, 4.69) is 14.9 Å². The Morgan fingerprint density at radius 2 is 2.00 bits per heavy atom. The zero-order valence-corrected chi connectivity index (χ0v) is 12.2. The quantitative estimate of drug-likeness (QED) is 0.717. The molecule has 3 N–H and O–H groups in total. The predicted molar refractivity (Wildman–Crippen MR) is 69.3 cm³/mol. The fourth-order valence-electron chi connectivity index (χ4n) is 1.80. The third-order valence-corrected chi connectivity index (χ3v) is 4.59. The van der Waals surface area contributed by atoms with E-state index < -0.39 is 22.0 Å². The largest absolute Gasteiger partial charge is 0.481 e. The highest BCUT2D eigenvalue weighted by atomic mass is 32.2. The molecule has 0 aliphatic heterocycles. The molecule has 1 heterocycles. The lowest BCUT2D eigenvalue weighted by atomic mass is 10.0. The lowest BCUT2D eigenvalue weighted by Gasteiger charge is -2.20. The Morgan fingerprint density at radius 3 is 2.37 bits per heavy atom. The van der Waals surface area contributed by atoms with Crippen LogP contribution < -0.4 is 4.72 Å². The van der Waals surface area contributed by atoms with Gasteiger partial charge in [0, 0.05) is 6.04 Å². The number of sulfonamides is 1. The third-order valence-electron chi connectivity index (χ3n) is 2.84. The summed E-state index contributed by atoms with van der Waals surface area (Å²) < 4.78 is 27.0. The van der Waals surface area contributed by atoms with E-state index >= 15 is 0 Å². The highest BCUT2D eigenvalue weighted by molar-refractivity contribution is 7.89. The summed E-state index contributed by atoms with van der Waals surface area (Å²) in [6, 6.07) is -0.656. The van der Waals surface area contributed by atoms with Crippen LogP contribution in [0.15, 0.2) is 4.90 Å². The summed E-state index contributed by atoms with van der Waals surface area (Å²) in [6.07, 6.45) is -0.257. The molecule has 0 saturated carbocycles. The Balaban J connectivity index is 3.04. The van der Waals surface area contributed by atoms with Crippen LogP contribution >= 0.6 is 0 Å². The summed E-state index contributed by atoms with van der Waals surface area (Å²) in [5.74, 6) is -1.17. The first-order chi connectivity index (χ1) is 8.65. The van der Waals surface area contributed by atoms with Crippen LogP contribution in [-0.4, -0.2) is 35.7 Å². The van der Waals surface area contributed by atoms with Gasteiger partial charge in [0.25, 0.3) is 0 Å². The van der Waals surface area contributed by atoms with Crippen molar-refractivity contribution in [3.63, 3.8) is 0 Å². The van der Waals surface area contributed by atoms with Crippen molar-refractivity contribution >= 4 is 16.0 Å². The number of rotatable bonds is 6. The summed E-state index contributed by atoms with van der Waals surface area (Å²) >= 11 is 0. The topological polar surface area (TPSA) is 112 Å². The lowest BCUT2D eigenvalue weighted by molar-refractivity contribution is -0.137. The molecular formula is C11H19N3O4S. The van der Waals surface area contributed by atoms with Crippen molar-refractivity contribution < 1.29 is 18.3 Å². The third kappa shape index (κ3) is 3.77. The van der Waals surface area contributed by atoms with Gasteiger partial charge >= 0.3 is 5.97 Å². The van der Waals surface area contributed by atoms with E-state index in [1.165, 1.54) is 0 Å². The van der Waals surface area contributed by atoms with Crippen molar-refractivity contribution in [3.8, 4) is 0 Å². The van der Waals surface area contributed by atoms with Gasteiger partial charge in [-0.1, -0.05) is 13.8 Å². The Bertz CT molecular complexity index is 543. The van der Waals surface area contributed by atoms with Crippen LogP contribution in [0.2, 0.25) is 0 Å². The number of aromatic amines is 1. The van der Waals surface area contributed by atoms with E-state index in [1.54, 1.807) is 27.7 Å².